The van der Waals surface area contributed by atoms with Crippen molar-refractivity contribution < 1.29 is 18.7 Å². The standard InChI is InChI=1S/C26H22FNO3/c27-19-11-9-17(10-12-19)25(29)28-15-13-18(14-16-28)26(30)31-24-22-7-3-1-5-20(22)21-6-2-4-8-23(21)24/h1-12,18,24H,13-16H2. The number of carbonyl (C=O) groups excluding carboxylic acids is 2. The number of likely N-dealkylation sites (tertiary alicyclic amines) is 1. The summed E-state index contributed by atoms with van der Waals surface area (Å²) >= 11 is 0. The van der Waals surface area contributed by atoms with E-state index in [1.807, 2.05) is 36.4 Å². The Balaban J connectivity index is 1.26. The van der Waals surface area contributed by atoms with E-state index in [0.717, 1.165) is 22.3 Å². The highest BCUT2D eigenvalue weighted by Gasteiger charge is 2.35. The molecule has 5 rings (SSSR count). The highest BCUT2D eigenvalue weighted by Crippen LogP contribution is 2.45. The van der Waals surface area contributed by atoms with Gasteiger partial charge in [0.15, 0.2) is 6.10 Å². The third-order valence-electron chi connectivity index (χ3n) is 6.22. The van der Waals surface area contributed by atoms with Crippen molar-refractivity contribution in [3.05, 3.63) is 95.3 Å². The van der Waals surface area contributed by atoms with Gasteiger partial charge >= 0.3 is 5.97 Å². The Morgan fingerprint density at radius 1 is 0.806 bits per heavy atom. The molecule has 0 radical (unpaired) electrons. The largest absolute Gasteiger partial charge is 0.452 e. The molecule has 2 aliphatic rings. The minimum Gasteiger partial charge on any atom is -0.452 e. The van der Waals surface area contributed by atoms with E-state index in [1.165, 1.54) is 24.3 Å². The smallest absolute Gasteiger partial charge is 0.310 e. The molecule has 0 bridgehead atoms. The number of halogens is 1. The minimum absolute atomic E-state index is 0.134. The van der Waals surface area contributed by atoms with Gasteiger partial charge in [-0.15, -0.1) is 0 Å². The van der Waals surface area contributed by atoms with Gasteiger partial charge in [0.25, 0.3) is 5.91 Å². The van der Waals surface area contributed by atoms with Gasteiger partial charge in [-0.25, -0.2) is 4.39 Å². The van der Waals surface area contributed by atoms with Crippen LogP contribution in [0.25, 0.3) is 11.1 Å². The fraction of sp³-hybridized carbons (Fsp3) is 0.231. The lowest BCUT2D eigenvalue weighted by atomic mass is 9.96. The van der Waals surface area contributed by atoms with Gasteiger partial charge in [-0.3, -0.25) is 9.59 Å². The SMILES string of the molecule is O=C(OC1c2ccccc2-c2ccccc21)C1CCN(C(=O)c2ccc(F)cc2)CC1. The van der Waals surface area contributed by atoms with Gasteiger partial charge in [0, 0.05) is 29.8 Å². The lowest BCUT2D eigenvalue weighted by Gasteiger charge is -2.31. The summed E-state index contributed by atoms with van der Waals surface area (Å²) in [4.78, 5) is 27.3. The van der Waals surface area contributed by atoms with Crippen LogP contribution in [0.3, 0.4) is 0 Å². The minimum atomic E-state index is -0.390. The summed E-state index contributed by atoms with van der Waals surface area (Å²) in [5.41, 5.74) is 4.70. The predicted molar refractivity (Wildman–Crippen MR) is 115 cm³/mol. The number of amides is 1. The molecule has 0 N–H and O–H groups in total. The number of esters is 1. The zero-order valence-corrected chi connectivity index (χ0v) is 17.0. The molecule has 156 valence electrons. The van der Waals surface area contributed by atoms with Crippen LogP contribution in [0.1, 0.15) is 40.4 Å². The number of rotatable bonds is 3. The molecule has 1 fully saturated rings. The van der Waals surface area contributed by atoms with Gasteiger partial charge in [-0.05, 0) is 48.2 Å². The lowest BCUT2D eigenvalue weighted by molar-refractivity contribution is -0.153. The van der Waals surface area contributed by atoms with Gasteiger partial charge < -0.3 is 9.64 Å². The van der Waals surface area contributed by atoms with Crippen LogP contribution < -0.4 is 0 Å². The zero-order valence-electron chi connectivity index (χ0n) is 17.0. The number of piperidine rings is 1. The summed E-state index contributed by atoms with van der Waals surface area (Å²) in [6, 6.07) is 21.6. The summed E-state index contributed by atoms with van der Waals surface area (Å²) in [6.45, 7) is 0.960. The maximum absolute atomic E-state index is 13.1. The fourth-order valence-electron chi connectivity index (χ4n) is 4.54. The Hall–Kier alpha value is -3.47. The van der Waals surface area contributed by atoms with Crippen LogP contribution in [-0.4, -0.2) is 29.9 Å². The number of fused-ring (bicyclic) bond motifs is 3. The molecule has 0 spiro atoms. The number of hydrogen-bond acceptors (Lipinski definition) is 3. The molecule has 0 unspecified atom stereocenters. The first-order valence-corrected chi connectivity index (χ1v) is 10.6. The van der Waals surface area contributed by atoms with Crippen LogP contribution >= 0.6 is 0 Å². The van der Waals surface area contributed by atoms with Crippen LogP contribution in [0.2, 0.25) is 0 Å². The fourth-order valence-corrected chi connectivity index (χ4v) is 4.54. The summed E-state index contributed by atoms with van der Waals surface area (Å²) in [7, 11) is 0. The molecule has 31 heavy (non-hydrogen) atoms. The quantitative estimate of drug-likeness (QED) is 0.566. The van der Waals surface area contributed by atoms with Gasteiger partial charge in [0.05, 0.1) is 5.92 Å². The van der Waals surface area contributed by atoms with Crippen LogP contribution in [0.15, 0.2) is 72.8 Å². The van der Waals surface area contributed by atoms with E-state index in [1.54, 1.807) is 4.90 Å². The molecule has 1 aliphatic carbocycles. The van der Waals surface area contributed by atoms with Crippen LogP contribution in [0.4, 0.5) is 4.39 Å². The summed E-state index contributed by atoms with van der Waals surface area (Å²) in [5, 5.41) is 0. The topological polar surface area (TPSA) is 46.6 Å². The van der Waals surface area contributed by atoms with Crippen molar-refractivity contribution in [2.24, 2.45) is 5.92 Å². The Morgan fingerprint density at radius 3 is 1.94 bits per heavy atom. The van der Waals surface area contributed by atoms with Crippen molar-refractivity contribution >= 4 is 11.9 Å². The molecule has 5 heteroatoms. The van der Waals surface area contributed by atoms with Gasteiger partial charge in [-0.2, -0.15) is 0 Å². The molecule has 1 heterocycles. The Labute approximate surface area is 180 Å². The molecule has 0 atom stereocenters. The molecule has 1 amide bonds. The van der Waals surface area contributed by atoms with E-state index in [2.05, 4.69) is 12.1 Å². The number of hydrogen-bond donors (Lipinski definition) is 0. The molecular formula is C26H22FNO3. The second-order valence-corrected chi connectivity index (χ2v) is 8.06. The third kappa shape index (κ3) is 3.61. The first-order chi connectivity index (χ1) is 15.1. The van der Waals surface area contributed by atoms with Crippen molar-refractivity contribution in [2.45, 2.75) is 18.9 Å². The van der Waals surface area contributed by atoms with E-state index in [4.69, 9.17) is 4.74 Å². The first kappa shape index (κ1) is 19.5. The molecule has 4 nitrogen and oxygen atoms in total. The maximum atomic E-state index is 13.1. The molecule has 3 aromatic carbocycles. The van der Waals surface area contributed by atoms with Crippen molar-refractivity contribution in [2.75, 3.05) is 13.1 Å². The van der Waals surface area contributed by atoms with Gasteiger partial charge in [-0.1, -0.05) is 48.5 Å². The van der Waals surface area contributed by atoms with E-state index < -0.39 is 6.10 Å². The Morgan fingerprint density at radius 2 is 1.35 bits per heavy atom. The van der Waals surface area contributed by atoms with E-state index in [0.29, 0.717) is 31.5 Å². The highest BCUT2D eigenvalue weighted by atomic mass is 19.1. The molecule has 1 aliphatic heterocycles. The van der Waals surface area contributed by atoms with Crippen molar-refractivity contribution in [3.63, 3.8) is 0 Å². The van der Waals surface area contributed by atoms with Crippen molar-refractivity contribution in [1.82, 2.24) is 4.90 Å². The molecule has 0 aromatic heterocycles. The Kier molecular flexibility index (Phi) is 5.02. The molecule has 1 saturated heterocycles. The average Bonchev–Trinajstić information content (AvgIpc) is 3.13. The second kappa shape index (κ2) is 7.99. The lowest BCUT2D eigenvalue weighted by Crippen LogP contribution is -2.40. The van der Waals surface area contributed by atoms with Gasteiger partial charge in [0.1, 0.15) is 5.82 Å². The second-order valence-electron chi connectivity index (χ2n) is 8.06. The van der Waals surface area contributed by atoms with Crippen LogP contribution in [0.5, 0.6) is 0 Å². The molecule has 0 saturated carbocycles. The normalized spacial score (nSPS) is 16.0. The monoisotopic (exact) mass is 415 g/mol. The van der Waals surface area contributed by atoms with Gasteiger partial charge in [0.2, 0.25) is 0 Å². The van der Waals surface area contributed by atoms with E-state index in [-0.39, 0.29) is 23.6 Å². The summed E-state index contributed by atoms with van der Waals surface area (Å²) < 4.78 is 19.1. The number of nitrogens with zero attached hydrogens (tertiary/aromatic N) is 1. The predicted octanol–water partition coefficient (Wildman–Crippen LogP) is 4.99. The number of ether oxygens (including phenoxy) is 1. The third-order valence-corrected chi connectivity index (χ3v) is 6.22. The summed E-state index contributed by atoms with van der Waals surface area (Å²) in [6.07, 6.45) is 0.725. The van der Waals surface area contributed by atoms with Crippen molar-refractivity contribution in [1.29, 1.82) is 0 Å². The molecule has 3 aromatic rings. The van der Waals surface area contributed by atoms with E-state index >= 15 is 0 Å². The number of carbonyl (C=O) groups is 2. The first-order valence-electron chi connectivity index (χ1n) is 10.6. The van der Waals surface area contributed by atoms with E-state index in [9.17, 15) is 14.0 Å². The Bertz CT molecular complexity index is 1090. The van der Waals surface area contributed by atoms with Crippen LogP contribution in [0, 0.1) is 11.7 Å². The average molecular weight is 415 g/mol. The zero-order chi connectivity index (χ0) is 21.4. The summed E-state index contributed by atoms with van der Waals surface area (Å²) in [5.74, 6) is -0.957. The van der Waals surface area contributed by atoms with Crippen molar-refractivity contribution in [3.8, 4) is 11.1 Å². The molecular weight excluding hydrogens is 393 g/mol. The maximum Gasteiger partial charge on any atom is 0.310 e. The highest BCUT2D eigenvalue weighted by molar-refractivity contribution is 5.94. The number of benzene rings is 3. The van der Waals surface area contributed by atoms with Crippen LogP contribution in [-0.2, 0) is 9.53 Å².